The lowest BCUT2D eigenvalue weighted by Crippen LogP contribution is -2.50. The molecule has 0 spiro atoms. The van der Waals surface area contributed by atoms with Gasteiger partial charge in [0.2, 0.25) is 5.91 Å². The highest BCUT2D eigenvalue weighted by Crippen LogP contribution is 2.24. The number of carbonyl (C=O) groups is 1. The SMILES string of the molecule is COC[C@H](C)NC(=NC1CC(c2cc(F)cc(F)c2)NN1)NC(=O)C1CNOC1C. The van der Waals surface area contributed by atoms with Crippen molar-refractivity contribution in [3.63, 3.8) is 0 Å². The number of amides is 1. The second kappa shape index (κ2) is 10.2. The first kappa shape index (κ1) is 22.5. The van der Waals surface area contributed by atoms with E-state index in [0.29, 0.717) is 25.1 Å². The summed E-state index contributed by atoms with van der Waals surface area (Å²) in [5.41, 5.74) is 9.18. The van der Waals surface area contributed by atoms with Crippen molar-refractivity contribution < 1.29 is 23.1 Å². The molecule has 2 aliphatic rings. The molecule has 1 amide bonds. The first-order valence-electron chi connectivity index (χ1n) is 9.85. The summed E-state index contributed by atoms with van der Waals surface area (Å²) in [5.74, 6) is -1.56. The Kier molecular flexibility index (Phi) is 7.67. The molecule has 11 heteroatoms. The van der Waals surface area contributed by atoms with Gasteiger partial charge in [-0.1, -0.05) is 0 Å². The number of ether oxygens (including phenoxy) is 1. The average molecular weight is 426 g/mol. The Morgan fingerprint density at radius 2 is 2.07 bits per heavy atom. The maximum Gasteiger partial charge on any atom is 0.233 e. The van der Waals surface area contributed by atoms with E-state index < -0.39 is 17.8 Å². The Morgan fingerprint density at radius 3 is 2.70 bits per heavy atom. The zero-order valence-corrected chi connectivity index (χ0v) is 17.2. The van der Waals surface area contributed by atoms with Crippen molar-refractivity contribution in [2.75, 3.05) is 20.3 Å². The Labute approximate surface area is 173 Å². The number of nitrogens with zero attached hydrogens (tertiary/aromatic N) is 1. The third kappa shape index (κ3) is 5.92. The van der Waals surface area contributed by atoms with Crippen molar-refractivity contribution in [3.05, 3.63) is 35.4 Å². The molecule has 166 valence electrons. The largest absolute Gasteiger partial charge is 0.383 e. The number of hydroxylamine groups is 1. The van der Waals surface area contributed by atoms with Crippen LogP contribution >= 0.6 is 0 Å². The number of guanidine groups is 1. The van der Waals surface area contributed by atoms with E-state index in [1.807, 2.05) is 13.8 Å². The van der Waals surface area contributed by atoms with Gasteiger partial charge in [0.1, 0.15) is 17.8 Å². The van der Waals surface area contributed by atoms with Gasteiger partial charge in [-0.05, 0) is 31.5 Å². The molecule has 5 atom stereocenters. The van der Waals surface area contributed by atoms with Crippen LogP contribution < -0.4 is 27.0 Å². The van der Waals surface area contributed by atoms with Crippen molar-refractivity contribution >= 4 is 11.9 Å². The van der Waals surface area contributed by atoms with Crippen LogP contribution in [-0.2, 0) is 14.4 Å². The van der Waals surface area contributed by atoms with Crippen molar-refractivity contribution in [2.45, 2.75) is 44.6 Å². The molecule has 2 fully saturated rings. The number of methoxy groups -OCH3 is 1. The summed E-state index contributed by atoms with van der Waals surface area (Å²) in [4.78, 5) is 22.4. The van der Waals surface area contributed by atoms with Gasteiger partial charge in [-0.3, -0.25) is 14.9 Å². The molecule has 9 nitrogen and oxygen atoms in total. The lowest BCUT2D eigenvalue weighted by molar-refractivity contribution is -0.124. The van der Waals surface area contributed by atoms with E-state index in [0.717, 1.165) is 6.07 Å². The lowest BCUT2D eigenvalue weighted by atomic mass is 10.0. The summed E-state index contributed by atoms with van der Waals surface area (Å²) in [6, 6.07) is 2.96. The quantitative estimate of drug-likeness (QED) is 0.332. The fourth-order valence-electron chi connectivity index (χ4n) is 3.44. The fourth-order valence-corrected chi connectivity index (χ4v) is 3.44. The second-order valence-electron chi connectivity index (χ2n) is 7.54. The Morgan fingerprint density at radius 1 is 1.33 bits per heavy atom. The van der Waals surface area contributed by atoms with Gasteiger partial charge in [0.05, 0.1) is 18.6 Å². The maximum atomic E-state index is 13.5. The molecule has 1 aromatic rings. The lowest BCUT2D eigenvalue weighted by Gasteiger charge is -2.20. The maximum absolute atomic E-state index is 13.5. The number of rotatable bonds is 6. The standard InChI is InChI=1S/C19H28F2N6O3/c1-10(9-29-3)23-19(25-18(28)15-8-22-30-11(15)2)24-17-7-16(26-27-17)12-4-13(20)6-14(21)5-12/h4-6,10-11,15-17,22,26-27H,7-9H2,1-3H3,(H2,23,24,25,28)/t10-,11?,15?,16?,17?/m0/s1. The number of aliphatic imine (C=N–C) groups is 1. The van der Waals surface area contributed by atoms with Crippen LogP contribution in [0.1, 0.15) is 31.9 Å². The third-order valence-electron chi connectivity index (χ3n) is 4.97. The van der Waals surface area contributed by atoms with Crippen LogP contribution in [0.25, 0.3) is 0 Å². The van der Waals surface area contributed by atoms with Crippen LogP contribution in [0.15, 0.2) is 23.2 Å². The average Bonchev–Trinajstić information content (AvgIpc) is 3.30. The molecule has 0 bridgehead atoms. The van der Waals surface area contributed by atoms with E-state index in [-0.39, 0.29) is 36.0 Å². The molecule has 3 rings (SSSR count). The van der Waals surface area contributed by atoms with Crippen molar-refractivity contribution in [3.8, 4) is 0 Å². The van der Waals surface area contributed by atoms with Gasteiger partial charge in [0.15, 0.2) is 5.96 Å². The molecule has 0 saturated carbocycles. The number of benzene rings is 1. The van der Waals surface area contributed by atoms with Crippen molar-refractivity contribution in [1.82, 2.24) is 27.0 Å². The summed E-state index contributed by atoms with van der Waals surface area (Å²) < 4.78 is 32.2. The van der Waals surface area contributed by atoms with Gasteiger partial charge in [-0.2, -0.15) is 0 Å². The van der Waals surface area contributed by atoms with Gasteiger partial charge in [-0.25, -0.2) is 30.1 Å². The number of nitrogens with one attached hydrogen (secondary N) is 5. The monoisotopic (exact) mass is 426 g/mol. The first-order chi connectivity index (χ1) is 14.4. The van der Waals surface area contributed by atoms with E-state index >= 15 is 0 Å². The van der Waals surface area contributed by atoms with E-state index in [2.05, 4.69) is 32.0 Å². The molecule has 2 heterocycles. The molecule has 0 aromatic heterocycles. The van der Waals surface area contributed by atoms with Crippen LogP contribution in [0.5, 0.6) is 0 Å². The predicted molar refractivity (Wildman–Crippen MR) is 106 cm³/mol. The highest BCUT2D eigenvalue weighted by Gasteiger charge is 2.32. The molecule has 4 unspecified atom stereocenters. The van der Waals surface area contributed by atoms with Gasteiger partial charge in [-0.15, -0.1) is 0 Å². The highest BCUT2D eigenvalue weighted by molar-refractivity contribution is 5.98. The summed E-state index contributed by atoms with van der Waals surface area (Å²) in [5, 5.41) is 5.95. The summed E-state index contributed by atoms with van der Waals surface area (Å²) in [7, 11) is 1.59. The topological polar surface area (TPSA) is 108 Å². The number of hydrogen-bond acceptors (Lipinski definition) is 7. The van der Waals surface area contributed by atoms with Crippen LogP contribution in [0, 0.1) is 17.6 Å². The van der Waals surface area contributed by atoms with Crippen LogP contribution in [0.2, 0.25) is 0 Å². The second-order valence-corrected chi connectivity index (χ2v) is 7.54. The van der Waals surface area contributed by atoms with Crippen LogP contribution in [0.4, 0.5) is 8.78 Å². The van der Waals surface area contributed by atoms with Gasteiger partial charge in [0, 0.05) is 38.2 Å². The van der Waals surface area contributed by atoms with E-state index in [4.69, 9.17) is 9.57 Å². The van der Waals surface area contributed by atoms with Crippen molar-refractivity contribution in [2.24, 2.45) is 10.9 Å². The number of carbonyl (C=O) groups excluding carboxylic acids is 1. The van der Waals surface area contributed by atoms with Gasteiger partial charge in [0.25, 0.3) is 0 Å². The molecule has 5 N–H and O–H groups in total. The fraction of sp³-hybridized carbons (Fsp3) is 0.579. The zero-order valence-electron chi connectivity index (χ0n) is 17.2. The van der Waals surface area contributed by atoms with E-state index in [9.17, 15) is 13.6 Å². The smallest absolute Gasteiger partial charge is 0.233 e. The Hall–Kier alpha value is -2.18. The van der Waals surface area contributed by atoms with Crippen LogP contribution in [0.3, 0.4) is 0 Å². The number of hydrogen-bond donors (Lipinski definition) is 5. The summed E-state index contributed by atoms with van der Waals surface area (Å²) in [6.45, 7) is 4.53. The number of hydrazine groups is 1. The molecule has 0 radical (unpaired) electrons. The highest BCUT2D eigenvalue weighted by atomic mass is 19.1. The molecule has 1 aromatic carbocycles. The molecule has 30 heavy (non-hydrogen) atoms. The minimum absolute atomic E-state index is 0.105. The van der Waals surface area contributed by atoms with Gasteiger partial charge >= 0.3 is 0 Å². The normalized spacial score (nSPS) is 27.8. The molecular formula is C19H28F2N6O3. The van der Waals surface area contributed by atoms with E-state index in [1.165, 1.54) is 12.1 Å². The minimum Gasteiger partial charge on any atom is -0.383 e. The number of halogens is 2. The predicted octanol–water partition coefficient (Wildman–Crippen LogP) is 0.466. The Balaban J connectivity index is 1.69. The molecule has 2 aliphatic heterocycles. The molecule has 2 saturated heterocycles. The summed E-state index contributed by atoms with van der Waals surface area (Å²) >= 11 is 0. The Bertz CT molecular complexity index is 760. The van der Waals surface area contributed by atoms with E-state index in [1.54, 1.807) is 7.11 Å². The molecular weight excluding hydrogens is 398 g/mol. The first-order valence-corrected chi connectivity index (χ1v) is 9.85. The summed E-state index contributed by atoms with van der Waals surface area (Å²) in [6.07, 6.45) is -0.247. The van der Waals surface area contributed by atoms with Crippen LogP contribution in [-0.4, -0.2) is 50.4 Å². The molecule has 0 aliphatic carbocycles. The third-order valence-corrected chi connectivity index (χ3v) is 4.97. The van der Waals surface area contributed by atoms with Crippen molar-refractivity contribution in [1.29, 1.82) is 0 Å². The minimum atomic E-state index is -0.636. The van der Waals surface area contributed by atoms with Gasteiger partial charge < -0.3 is 10.1 Å². The zero-order chi connectivity index (χ0) is 21.7.